The molecule has 0 heterocycles. The Morgan fingerprint density at radius 3 is 2.43 bits per heavy atom. The van der Waals surface area contributed by atoms with E-state index in [4.69, 9.17) is 4.74 Å². The number of carbonyl (C=O) groups is 1. The van der Waals surface area contributed by atoms with Crippen LogP contribution in [0.4, 0.5) is 0 Å². The first-order valence-electron chi connectivity index (χ1n) is 6.73. The summed E-state index contributed by atoms with van der Waals surface area (Å²) in [5.41, 5.74) is 1.76. The van der Waals surface area contributed by atoms with E-state index in [2.05, 4.69) is 5.32 Å². The Kier molecular flexibility index (Phi) is 5.28. The highest BCUT2D eigenvalue weighted by molar-refractivity contribution is 7.98. The number of hydrogen-bond acceptors (Lipinski definition) is 3. The van der Waals surface area contributed by atoms with E-state index in [0.29, 0.717) is 5.56 Å². The summed E-state index contributed by atoms with van der Waals surface area (Å²) in [7, 11) is 1.64. The van der Waals surface area contributed by atoms with Crippen LogP contribution in [-0.4, -0.2) is 19.3 Å². The molecule has 0 saturated carbocycles. The topological polar surface area (TPSA) is 38.3 Å². The maximum Gasteiger partial charge on any atom is 0.252 e. The average Bonchev–Trinajstić information content (AvgIpc) is 2.54. The van der Waals surface area contributed by atoms with Crippen molar-refractivity contribution in [3.8, 4) is 5.75 Å². The Hall–Kier alpha value is -1.94. The lowest BCUT2D eigenvalue weighted by molar-refractivity contribution is 0.0937. The SMILES string of the molecule is COc1ccc([C@H](C)NC(=O)c2ccccc2SC)cc1. The molecule has 0 aliphatic carbocycles. The minimum atomic E-state index is -0.0571. The molecule has 3 nitrogen and oxygen atoms in total. The zero-order valence-corrected chi connectivity index (χ0v) is 13.2. The van der Waals surface area contributed by atoms with Crippen LogP contribution in [0.5, 0.6) is 5.75 Å². The predicted molar refractivity (Wildman–Crippen MR) is 87.1 cm³/mol. The van der Waals surface area contributed by atoms with Gasteiger partial charge in [0.25, 0.3) is 5.91 Å². The van der Waals surface area contributed by atoms with Crippen molar-refractivity contribution >= 4 is 17.7 Å². The summed E-state index contributed by atoms with van der Waals surface area (Å²) in [5.74, 6) is 0.758. The minimum absolute atomic E-state index is 0.0525. The highest BCUT2D eigenvalue weighted by Gasteiger charge is 2.14. The monoisotopic (exact) mass is 301 g/mol. The molecule has 0 fully saturated rings. The van der Waals surface area contributed by atoms with Crippen molar-refractivity contribution in [3.63, 3.8) is 0 Å². The first-order valence-corrected chi connectivity index (χ1v) is 7.96. The summed E-state index contributed by atoms with van der Waals surface area (Å²) >= 11 is 1.57. The van der Waals surface area contributed by atoms with Gasteiger partial charge in [0.2, 0.25) is 0 Å². The number of ether oxygens (including phenoxy) is 1. The smallest absolute Gasteiger partial charge is 0.252 e. The van der Waals surface area contributed by atoms with Gasteiger partial charge in [0.15, 0.2) is 0 Å². The van der Waals surface area contributed by atoms with Gasteiger partial charge in [-0.3, -0.25) is 4.79 Å². The second-order valence-electron chi connectivity index (χ2n) is 4.67. The molecule has 1 N–H and O–H groups in total. The number of amides is 1. The Bertz CT molecular complexity index is 610. The summed E-state index contributed by atoms with van der Waals surface area (Å²) in [4.78, 5) is 13.4. The lowest BCUT2D eigenvalue weighted by Crippen LogP contribution is -2.27. The van der Waals surface area contributed by atoms with Gasteiger partial charge in [0, 0.05) is 4.90 Å². The van der Waals surface area contributed by atoms with Crippen LogP contribution >= 0.6 is 11.8 Å². The van der Waals surface area contributed by atoms with Crippen LogP contribution in [0.2, 0.25) is 0 Å². The lowest BCUT2D eigenvalue weighted by Gasteiger charge is -2.16. The number of rotatable bonds is 5. The van der Waals surface area contributed by atoms with Gasteiger partial charge in [0.05, 0.1) is 18.7 Å². The molecule has 0 spiro atoms. The minimum Gasteiger partial charge on any atom is -0.497 e. The maximum atomic E-state index is 12.4. The molecule has 110 valence electrons. The molecule has 2 rings (SSSR count). The highest BCUT2D eigenvalue weighted by Crippen LogP contribution is 2.22. The fourth-order valence-corrected chi connectivity index (χ4v) is 2.68. The van der Waals surface area contributed by atoms with Crippen LogP contribution in [-0.2, 0) is 0 Å². The molecule has 1 amide bonds. The van der Waals surface area contributed by atoms with E-state index in [1.54, 1.807) is 18.9 Å². The van der Waals surface area contributed by atoms with Crippen molar-refractivity contribution < 1.29 is 9.53 Å². The van der Waals surface area contributed by atoms with Crippen LogP contribution < -0.4 is 10.1 Å². The van der Waals surface area contributed by atoms with Gasteiger partial charge in [-0.15, -0.1) is 11.8 Å². The second kappa shape index (κ2) is 7.18. The standard InChI is InChI=1S/C17H19NO2S/c1-12(13-8-10-14(20-2)11-9-13)18-17(19)15-6-4-5-7-16(15)21-3/h4-12H,1-3H3,(H,18,19)/t12-/m0/s1. The van der Waals surface area contributed by atoms with Crippen molar-refractivity contribution in [1.82, 2.24) is 5.32 Å². The molecule has 4 heteroatoms. The lowest BCUT2D eigenvalue weighted by atomic mass is 10.1. The molecule has 0 aromatic heterocycles. The fraction of sp³-hybridized carbons (Fsp3) is 0.235. The van der Waals surface area contributed by atoms with Crippen molar-refractivity contribution in [2.24, 2.45) is 0 Å². The largest absolute Gasteiger partial charge is 0.497 e. The van der Waals surface area contributed by atoms with E-state index >= 15 is 0 Å². The molecule has 0 aliphatic heterocycles. The van der Waals surface area contributed by atoms with E-state index in [9.17, 15) is 4.79 Å². The number of methoxy groups -OCH3 is 1. The third-order valence-electron chi connectivity index (χ3n) is 3.32. The molecule has 2 aromatic rings. The molecule has 0 unspecified atom stereocenters. The number of carbonyl (C=O) groups excluding carboxylic acids is 1. The van der Waals surface area contributed by atoms with Crippen molar-refractivity contribution in [2.75, 3.05) is 13.4 Å². The van der Waals surface area contributed by atoms with E-state index in [0.717, 1.165) is 16.2 Å². The van der Waals surface area contributed by atoms with Crippen molar-refractivity contribution in [3.05, 3.63) is 59.7 Å². The Morgan fingerprint density at radius 1 is 1.14 bits per heavy atom. The molecule has 0 saturated heterocycles. The second-order valence-corrected chi connectivity index (χ2v) is 5.52. The summed E-state index contributed by atoms with van der Waals surface area (Å²) in [6.07, 6.45) is 1.97. The molecule has 21 heavy (non-hydrogen) atoms. The average molecular weight is 301 g/mol. The van der Waals surface area contributed by atoms with Crippen LogP contribution in [0.1, 0.15) is 28.9 Å². The predicted octanol–water partition coefficient (Wildman–Crippen LogP) is 3.91. The van der Waals surface area contributed by atoms with Crippen LogP contribution in [0.15, 0.2) is 53.4 Å². The normalized spacial score (nSPS) is 11.8. The molecule has 0 bridgehead atoms. The molecule has 0 radical (unpaired) electrons. The summed E-state index contributed by atoms with van der Waals surface area (Å²) < 4.78 is 5.14. The Balaban J connectivity index is 2.11. The summed E-state index contributed by atoms with van der Waals surface area (Å²) in [5, 5.41) is 3.03. The van der Waals surface area contributed by atoms with Crippen molar-refractivity contribution in [2.45, 2.75) is 17.9 Å². The number of thioether (sulfide) groups is 1. The number of hydrogen-bond donors (Lipinski definition) is 1. The zero-order chi connectivity index (χ0) is 15.2. The van der Waals surface area contributed by atoms with Crippen LogP contribution in [0.25, 0.3) is 0 Å². The first kappa shape index (κ1) is 15.4. The van der Waals surface area contributed by atoms with Crippen LogP contribution in [0, 0.1) is 0 Å². The van der Waals surface area contributed by atoms with Gasteiger partial charge in [-0.2, -0.15) is 0 Å². The summed E-state index contributed by atoms with van der Waals surface area (Å²) in [6.45, 7) is 1.97. The number of benzene rings is 2. The third-order valence-corrected chi connectivity index (χ3v) is 4.11. The van der Waals surface area contributed by atoms with E-state index in [-0.39, 0.29) is 11.9 Å². The van der Waals surface area contributed by atoms with E-state index in [1.807, 2.05) is 61.7 Å². The quantitative estimate of drug-likeness (QED) is 0.851. The fourth-order valence-electron chi connectivity index (χ4n) is 2.08. The van der Waals surface area contributed by atoms with Crippen LogP contribution in [0.3, 0.4) is 0 Å². The Morgan fingerprint density at radius 2 is 1.81 bits per heavy atom. The molecular formula is C17H19NO2S. The third kappa shape index (κ3) is 3.79. The maximum absolute atomic E-state index is 12.4. The van der Waals surface area contributed by atoms with Gasteiger partial charge in [-0.1, -0.05) is 24.3 Å². The van der Waals surface area contributed by atoms with Gasteiger partial charge in [-0.25, -0.2) is 0 Å². The van der Waals surface area contributed by atoms with Gasteiger partial charge >= 0.3 is 0 Å². The van der Waals surface area contributed by atoms with E-state index in [1.165, 1.54) is 0 Å². The van der Waals surface area contributed by atoms with Gasteiger partial charge in [-0.05, 0) is 43.0 Å². The number of nitrogens with one attached hydrogen (secondary N) is 1. The molecule has 1 atom stereocenters. The molecular weight excluding hydrogens is 282 g/mol. The Labute approximate surface area is 129 Å². The zero-order valence-electron chi connectivity index (χ0n) is 12.4. The van der Waals surface area contributed by atoms with E-state index < -0.39 is 0 Å². The molecule has 0 aliphatic rings. The van der Waals surface area contributed by atoms with Crippen molar-refractivity contribution in [1.29, 1.82) is 0 Å². The van der Waals surface area contributed by atoms with Gasteiger partial charge < -0.3 is 10.1 Å². The first-order chi connectivity index (χ1) is 10.2. The van der Waals surface area contributed by atoms with Gasteiger partial charge in [0.1, 0.15) is 5.75 Å². The summed E-state index contributed by atoms with van der Waals surface area (Å²) in [6, 6.07) is 15.3. The highest BCUT2D eigenvalue weighted by atomic mass is 32.2. The molecule has 2 aromatic carbocycles.